The molecule has 2 saturated heterocycles. The Bertz CT molecular complexity index is 835. The average molecular weight is 482 g/mol. The Hall–Kier alpha value is -2.15. The van der Waals surface area contributed by atoms with Crippen LogP contribution in [0.5, 0.6) is 0 Å². The largest absolute Gasteiger partial charge is 0.444 e. The monoisotopic (exact) mass is 481 g/mol. The highest BCUT2D eigenvalue weighted by molar-refractivity contribution is 7.15. The van der Waals surface area contributed by atoms with Crippen LogP contribution in [0.1, 0.15) is 44.5 Å². The maximum Gasteiger partial charge on any atom is 0.413 e. The van der Waals surface area contributed by atoms with E-state index in [2.05, 4.69) is 15.6 Å². The summed E-state index contributed by atoms with van der Waals surface area (Å²) < 4.78 is 60.4. The molecule has 2 N–H and O–H groups in total. The molecule has 1 unspecified atom stereocenters. The summed E-state index contributed by atoms with van der Waals surface area (Å²) in [5, 5.41) is 4.84. The SMILES string of the molecule is CC(C)(C)OC(=O)Nc1ncc(C(CN2CCC(F)(F)CC2)N2CC(F)(F)CNC2=O)s1. The number of ether oxygens (including phenoxy) is 1. The number of rotatable bonds is 5. The summed E-state index contributed by atoms with van der Waals surface area (Å²) in [6.45, 7) is 3.79. The molecular weight excluding hydrogens is 454 g/mol. The van der Waals surface area contributed by atoms with Crippen LogP contribution in [0.3, 0.4) is 0 Å². The second kappa shape index (κ2) is 9.00. The number of carbonyl (C=O) groups is 2. The van der Waals surface area contributed by atoms with Crippen molar-refractivity contribution in [3.63, 3.8) is 0 Å². The maximum absolute atomic E-state index is 14.1. The van der Waals surface area contributed by atoms with E-state index < -0.39 is 48.7 Å². The Morgan fingerprint density at radius 3 is 2.56 bits per heavy atom. The van der Waals surface area contributed by atoms with Crippen molar-refractivity contribution in [2.45, 2.75) is 57.1 Å². The Morgan fingerprint density at radius 1 is 1.28 bits per heavy atom. The molecule has 2 fully saturated rings. The van der Waals surface area contributed by atoms with E-state index in [1.807, 2.05) is 0 Å². The van der Waals surface area contributed by atoms with Crippen LogP contribution in [0, 0.1) is 0 Å². The van der Waals surface area contributed by atoms with Crippen LogP contribution in [-0.4, -0.2) is 77.1 Å². The summed E-state index contributed by atoms with van der Waals surface area (Å²) >= 11 is 1.02. The van der Waals surface area contributed by atoms with E-state index >= 15 is 0 Å². The van der Waals surface area contributed by atoms with Crippen LogP contribution in [-0.2, 0) is 4.74 Å². The molecule has 3 heterocycles. The fraction of sp³-hybridized carbons (Fsp3) is 0.737. The van der Waals surface area contributed by atoms with Gasteiger partial charge < -0.3 is 19.9 Å². The lowest BCUT2D eigenvalue weighted by molar-refractivity contribution is -0.0661. The number of urea groups is 1. The quantitative estimate of drug-likeness (QED) is 0.623. The number of nitrogens with one attached hydrogen (secondary N) is 2. The lowest BCUT2D eigenvalue weighted by atomic mass is 10.0. The first-order valence-corrected chi connectivity index (χ1v) is 11.0. The first-order chi connectivity index (χ1) is 14.7. The number of amides is 3. The van der Waals surface area contributed by atoms with Crippen LogP contribution in [0.4, 0.5) is 32.3 Å². The van der Waals surface area contributed by atoms with Crippen molar-refractivity contribution >= 4 is 28.6 Å². The molecule has 1 atom stereocenters. The van der Waals surface area contributed by atoms with Crippen molar-refractivity contribution in [1.82, 2.24) is 20.1 Å². The van der Waals surface area contributed by atoms with Crippen LogP contribution in [0.2, 0.25) is 0 Å². The van der Waals surface area contributed by atoms with E-state index in [1.165, 1.54) is 6.20 Å². The summed E-state index contributed by atoms with van der Waals surface area (Å²) in [6, 6.07) is -1.52. The molecule has 0 radical (unpaired) electrons. The average Bonchev–Trinajstić information content (AvgIpc) is 3.09. The van der Waals surface area contributed by atoms with Crippen LogP contribution in [0.15, 0.2) is 6.20 Å². The molecule has 3 amide bonds. The maximum atomic E-state index is 14.1. The molecule has 32 heavy (non-hydrogen) atoms. The van der Waals surface area contributed by atoms with Crippen molar-refractivity contribution in [3.05, 3.63) is 11.1 Å². The predicted molar refractivity (Wildman–Crippen MR) is 110 cm³/mol. The van der Waals surface area contributed by atoms with Crippen molar-refractivity contribution in [2.24, 2.45) is 0 Å². The zero-order valence-electron chi connectivity index (χ0n) is 18.1. The molecule has 3 rings (SSSR count). The minimum Gasteiger partial charge on any atom is -0.444 e. The molecule has 1 aromatic heterocycles. The number of hydrogen-bond acceptors (Lipinski definition) is 6. The third-order valence-corrected chi connectivity index (χ3v) is 6.03. The third kappa shape index (κ3) is 6.67. The highest BCUT2D eigenvalue weighted by Gasteiger charge is 2.44. The Labute approximate surface area is 187 Å². The summed E-state index contributed by atoms with van der Waals surface area (Å²) in [5.74, 6) is -5.89. The van der Waals surface area contributed by atoms with Crippen molar-refractivity contribution in [1.29, 1.82) is 0 Å². The summed E-state index contributed by atoms with van der Waals surface area (Å²) in [7, 11) is 0. The van der Waals surface area contributed by atoms with Gasteiger partial charge in [-0.15, -0.1) is 0 Å². The number of halogens is 4. The molecule has 0 aromatic carbocycles. The zero-order valence-corrected chi connectivity index (χ0v) is 18.9. The van der Waals surface area contributed by atoms with E-state index in [1.54, 1.807) is 25.7 Å². The first kappa shape index (κ1) is 24.5. The Balaban J connectivity index is 1.79. The van der Waals surface area contributed by atoms with Crippen molar-refractivity contribution in [2.75, 3.05) is 38.0 Å². The zero-order chi connectivity index (χ0) is 23.7. The fourth-order valence-corrected chi connectivity index (χ4v) is 4.38. The third-order valence-electron chi connectivity index (χ3n) is 5.02. The number of hydrogen-bond donors (Lipinski definition) is 2. The Kier molecular flexibility index (Phi) is 6.89. The van der Waals surface area contributed by atoms with Gasteiger partial charge >= 0.3 is 12.1 Å². The minimum atomic E-state index is -3.14. The van der Waals surface area contributed by atoms with E-state index in [0.717, 1.165) is 16.2 Å². The van der Waals surface area contributed by atoms with Gasteiger partial charge in [0.15, 0.2) is 5.13 Å². The van der Waals surface area contributed by atoms with Gasteiger partial charge in [-0.25, -0.2) is 32.1 Å². The highest BCUT2D eigenvalue weighted by atomic mass is 32.1. The van der Waals surface area contributed by atoms with Crippen LogP contribution >= 0.6 is 11.3 Å². The molecule has 180 valence electrons. The standard InChI is InChI=1S/C19H27F4N5O3S/c1-17(2,3)31-16(30)26-14-24-8-13(32-14)12(9-27-6-4-18(20,21)5-7-27)28-11-19(22,23)10-25-15(28)29/h8,12H,4-7,9-11H2,1-3H3,(H,25,29)(H,24,26,30). The van der Waals surface area contributed by atoms with Gasteiger partial charge in [0.1, 0.15) is 5.60 Å². The number of nitrogens with zero attached hydrogens (tertiary/aromatic N) is 3. The predicted octanol–water partition coefficient (Wildman–Crippen LogP) is 3.92. The van der Waals surface area contributed by atoms with Gasteiger partial charge in [-0.3, -0.25) is 5.32 Å². The molecule has 0 aliphatic carbocycles. The highest BCUT2D eigenvalue weighted by Crippen LogP contribution is 2.35. The first-order valence-electron chi connectivity index (χ1n) is 10.2. The molecule has 2 aliphatic rings. The Morgan fingerprint density at radius 2 is 1.94 bits per heavy atom. The second-order valence-electron chi connectivity index (χ2n) is 9.01. The minimum absolute atomic E-state index is 0.0805. The molecule has 0 saturated carbocycles. The van der Waals surface area contributed by atoms with Gasteiger partial charge in [0.25, 0.3) is 11.8 Å². The normalized spacial score (nSPS) is 22.2. The van der Waals surface area contributed by atoms with E-state index in [9.17, 15) is 27.2 Å². The summed E-state index contributed by atoms with van der Waals surface area (Å²) in [6.07, 6.45) is -0.0111. The smallest absolute Gasteiger partial charge is 0.413 e. The molecule has 0 bridgehead atoms. The van der Waals surface area contributed by atoms with E-state index in [0.29, 0.717) is 4.88 Å². The molecule has 2 aliphatic heterocycles. The van der Waals surface area contributed by atoms with Gasteiger partial charge in [0.05, 0.1) is 24.0 Å². The van der Waals surface area contributed by atoms with Crippen LogP contribution in [0.25, 0.3) is 0 Å². The molecule has 0 spiro atoms. The summed E-state index contributed by atoms with van der Waals surface area (Å²) in [4.78, 5) is 31.7. The van der Waals surface area contributed by atoms with Gasteiger partial charge in [-0.2, -0.15) is 0 Å². The number of likely N-dealkylation sites (tertiary alicyclic amines) is 1. The van der Waals surface area contributed by atoms with Crippen molar-refractivity contribution < 1.29 is 31.9 Å². The number of thiazole rings is 1. The van der Waals surface area contributed by atoms with E-state index in [-0.39, 0.29) is 37.6 Å². The number of anilines is 1. The topological polar surface area (TPSA) is 86.8 Å². The molecule has 13 heteroatoms. The number of carbonyl (C=O) groups excluding carboxylic acids is 2. The van der Waals surface area contributed by atoms with Gasteiger partial charge in [-0.1, -0.05) is 11.3 Å². The lowest BCUT2D eigenvalue weighted by Crippen LogP contribution is -2.59. The van der Waals surface area contributed by atoms with Crippen molar-refractivity contribution in [3.8, 4) is 0 Å². The summed E-state index contributed by atoms with van der Waals surface area (Å²) in [5.41, 5.74) is -0.722. The molecule has 1 aromatic rings. The van der Waals surface area contributed by atoms with Crippen LogP contribution < -0.4 is 10.6 Å². The van der Waals surface area contributed by atoms with Gasteiger partial charge in [0.2, 0.25) is 0 Å². The lowest BCUT2D eigenvalue weighted by Gasteiger charge is -2.41. The number of alkyl halides is 4. The molecule has 8 nitrogen and oxygen atoms in total. The van der Waals surface area contributed by atoms with Gasteiger partial charge in [-0.05, 0) is 20.8 Å². The van der Waals surface area contributed by atoms with E-state index in [4.69, 9.17) is 4.74 Å². The molecular formula is C19H27F4N5O3S. The second-order valence-corrected chi connectivity index (χ2v) is 10.1. The number of aromatic nitrogens is 1. The number of piperidine rings is 1. The van der Waals surface area contributed by atoms with Gasteiger partial charge in [0, 0.05) is 38.7 Å². The fourth-order valence-electron chi connectivity index (χ4n) is 3.47.